The van der Waals surface area contributed by atoms with Gasteiger partial charge >= 0.3 is 0 Å². The van der Waals surface area contributed by atoms with Gasteiger partial charge in [-0.15, -0.1) is 0 Å². The van der Waals surface area contributed by atoms with E-state index in [2.05, 4.69) is 15.8 Å². The third-order valence-electron chi connectivity index (χ3n) is 3.47. The van der Waals surface area contributed by atoms with Gasteiger partial charge in [-0.2, -0.15) is 5.10 Å². The van der Waals surface area contributed by atoms with Crippen LogP contribution >= 0.6 is 23.8 Å². The van der Waals surface area contributed by atoms with E-state index in [1.807, 2.05) is 42.5 Å². The zero-order valence-electron chi connectivity index (χ0n) is 15.2. The Kier molecular flexibility index (Phi) is 8.83. The topological polar surface area (TPSA) is 64.1 Å². The fourth-order valence-electron chi connectivity index (χ4n) is 2.10. The van der Waals surface area contributed by atoms with Gasteiger partial charge in [0.15, 0.2) is 16.6 Å². The summed E-state index contributed by atoms with van der Waals surface area (Å²) in [6.45, 7) is 1.61. The molecule has 0 amide bonds. The monoisotopic (exact) mass is 407 g/mol. The molecule has 0 atom stereocenters. The van der Waals surface area contributed by atoms with Crippen LogP contribution in [0, 0.1) is 0 Å². The summed E-state index contributed by atoms with van der Waals surface area (Å²) < 4.78 is 16.2. The van der Waals surface area contributed by atoms with Gasteiger partial charge in [0.05, 0.1) is 19.9 Å². The zero-order chi connectivity index (χ0) is 19.5. The molecule has 8 heteroatoms. The molecule has 0 unspecified atom stereocenters. The predicted octanol–water partition coefficient (Wildman–Crippen LogP) is 3.37. The van der Waals surface area contributed by atoms with Gasteiger partial charge in [-0.1, -0.05) is 23.7 Å². The molecule has 0 fully saturated rings. The summed E-state index contributed by atoms with van der Waals surface area (Å²) in [4.78, 5) is 0. The Morgan fingerprint density at radius 2 is 1.93 bits per heavy atom. The molecule has 144 valence electrons. The van der Waals surface area contributed by atoms with Crippen LogP contribution in [0.3, 0.4) is 0 Å². The smallest absolute Gasteiger partial charge is 0.187 e. The number of hydrogen-bond acceptors (Lipinski definition) is 5. The molecule has 27 heavy (non-hydrogen) atoms. The molecule has 6 nitrogen and oxygen atoms in total. The van der Waals surface area contributed by atoms with Gasteiger partial charge in [-0.3, -0.25) is 5.43 Å². The molecule has 0 saturated carbocycles. The van der Waals surface area contributed by atoms with Crippen molar-refractivity contribution in [3.8, 4) is 11.5 Å². The standard InChI is InChI=1S/C19H22ClN3O3S/c1-24-10-9-21-19(27)23-22-12-15-5-8-17(18(11-15)25-2)26-13-14-3-6-16(20)7-4-14/h3-8,11-12H,9-10,13H2,1-2H3,(H2,21,23,27)/b22-12-. The molecule has 0 bridgehead atoms. The SMILES string of the molecule is COCCNC(=S)N/N=C\c1ccc(OCc2ccc(Cl)cc2)c(OC)c1. The van der Waals surface area contributed by atoms with Crippen LogP contribution in [-0.2, 0) is 11.3 Å². The molecule has 2 N–H and O–H groups in total. The lowest BCUT2D eigenvalue weighted by Crippen LogP contribution is -2.34. The number of rotatable bonds is 9. The molecular formula is C19H22ClN3O3S. The second-order valence-corrected chi connectivity index (χ2v) is 6.29. The highest BCUT2D eigenvalue weighted by molar-refractivity contribution is 7.80. The van der Waals surface area contributed by atoms with Gasteiger partial charge in [0.1, 0.15) is 6.61 Å². The highest BCUT2D eigenvalue weighted by atomic mass is 35.5. The van der Waals surface area contributed by atoms with Crippen LogP contribution in [0.1, 0.15) is 11.1 Å². The van der Waals surface area contributed by atoms with E-state index < -0.39 is 0 Å². The maximum absolute atomic E-state index is 5.89. The molecule has 2 rings (SSSR count). The largest absolute Gasteiger partial charge is 0.493 e. The number of benzene rings is 2. The number of hydrogen-bond donors (Lipinski definition) is 2. The number of ether oxygens (including phenoxy) is 3. The highest BCUT2D eigenvalue weighted by Gasteiger charge is 2.06. The second-order valence-electron chi connectivity index (χ2n) is 5.44. The normalized spacial score (nSPS) is 10.6. The Labute approximate surface area is 169 Å². The van der Waals surface area contributed by atoms with Crippen LogP contribution in [0.15, 0.2) is 47.6 Å². The van der Waals surface area contributed by atoms with Crippen molar-refractivity contribution < 1.29 is 14.2 Å². The Bertz CT molecular complexity index is 769. The van der Waals surface area contributed by atoms with Gasteiger partial charge in [-0.25, -0.2) is 0 Å². The molecular weight excluding hydrogens is 386 g/mol. The van der Waals surface area contributed by atoms with E-state index in [9.17, 15) is 0 Å². The number of methoxy groups -OCH3 is 2. The molecule has 2 aromatic carbocycles. The van der Waals surface area contributed by atoms with E-state index in [-0.39, 0.29) is 0 Å². The van der Waals surface area contributed by atoms with E-state index in [1.165, 1.54) is 0 Å². The first-order valence-corrected chi connectivity index (χ1v) is 9.02. The molecule has 0 aliphatic carbocycles. The van der Waals surface area contributed by atoms with E-state index >= 15 is 0 Å². The van der Waals surface area contributed by atoms with Crippen LogP contribution in [-0.4, -0.2) is 38.7 Å². The summed E-state index contributed by atoms with van der Waals surface area (Å²) in [6.07, 6.45) is 1.65. The average Bonchev–Trinajstić information content (AvgIpc) is 2.68. The van der Waals surface area contributed by atoms with Gasteiger partial charge in [0.25, 0.3) is 0 Å². The first-order valence-electron chi connectivity index (χ1n) is 8.23. The Morgan fingerprint density at radius 3 is 2.63 bits per heavy atom. The maximum atomic E-state index is 5.89. The molecule has 2 aromatic rings. The van der Waals surface area contributed by atoms with Gasteiger partial charge < -0.3 is 19.5 Å². The van der Waals surface area contributed by atoms with Gasteiger partial charge in [0, 0.05) is 18.7 Å². The van der Waals surface area contributed by atoms with E-state index in [4.69, 9.17) is 38.0 Å². The Balaban J connectivity index is 1.91. The fraction of sp³-hybridized carbons (Fsp3) is 0.263. The summed E-state index contributed by atoms with van der Waals surface area (Å²) in [5.41, 5.74) is 4.61. The van der Waals surface area contributed by atoms with E-state index in [1.54, 1.807) is 20.4 Å². The lowest BCUT2D eigenvalue weighted by atomic mass is 10.2. The quantitative estimate of drug-likeness (QED) is 0.287. The summed E-state index contributed by atoms with van der Waals surface area (Å²) in [5, 5.41) is 8.19. The lowest BCUT2D eigenvalue weighted by molar-refractivity contribution is 0.204. The predicted molar refractivity (Wildman–Crippen MR) is 112 cm³/mol. The fourth-order valence-corrected chi connectivity index (χ4v) is 2.38. The minimum Gasteiger partial charge on any atom is -0.493 e. The van der Waals surface area contributed by atoms with Crippen LogP contribution in [0.2, 0.25) is 5.02 Å². The third-order valence-corrected chi connectivity index (χ3v) is 3.95. The molecule has 0 radical (unpaired) electrons. The van der Waals surface area contributed by atoms with E-state index in [0.29, 0.717) is 41.4 Å². The zero-order valence-corrected chi connectivity index (χ0v) is 16.8. The number of nitrogens with zero attached hydrogens (tertiary/aromatic N) is 1. The number of halogens is 1. The maximum Gasteiger partial charge on any atom is 0.187 e. The molecule has 0 spiro atoms. The second kappa shape index (κ2) is 11.4. The third kappa shape index (κ3) is 7.42. The van der Waals surface area contributed by atoms with Crippen molar-refractivity contribution in [3.05, 3.63) is 58.6 Å². The summed E-state index contributed by atoms with van der Waals surface area (Å²) >= 11 is 11.0. The summed E-state index contributed by atoms with van der Waals surface area (Å²) in [7, 11) is 3.23. The van der Waals surface area contributed by atoms with Crippen LogP contribution in [0.5, 0.6) is 11.5 Å². The number of thiocarbonyl (C=S) groups is 1. The molecule has 0 heterocycles. The van der Waals surface area contributed by atoms with Crippen molar-refractivity contribution in [3.63, 3.8) is 0 Å². The van der Waals surface area contributed by atoms with Crippen LogP contribution in [0.25, 0.3) is 0 Å². The first kappa shape index (κ1) is 21.0. The molecule has 0 aromatic heterocycles. The minimum absolute atomic E-state index is 0.421. The highest BCUT2D eigenvalue weighted by Crippen LogP contribution is 2.28. The molecule has 0 saturated heterocycles. The van der Waals surface area contributed by atoms with Gasteiger partial charge in [0.2, 0.25) is 0 Å². The summed E-state index contributed by atoms with van der Waals surface area (Å²) in [5.74, 6) is 1.27. The van der Waals surface area contributed by atoms with Crippen molar-refractivity contribution >= 4 is 35.1 Å². The van der Waals surface area contributed by atoms with Crippen molar-refractivity contribution in [1.29, 1.82) is 0 Å². The molecule has 0 aliphatic rings. The van der Waals surface area contributed by atoms with Gasteiger partial charge in [-0.05, 0) is 53.7 Å². The lowest BCUT2D eigenvalue weighted by Gasteiger charge is -2.11. The number of hydrazone groups is 1. The minimum atomic E-state index is 0.421. The van der Waals surface area contributed by atoms with Crippen molar-refractivity contribution in [2.75, 3.05) is 27.4 Å². The van der Waals surface area contributed by atoms with Crippen molar-refractivity contribution in [1.82, 2.24) is 10.7 Å². The van der Waals surface area contributed by atoms with Crippen LogP contribution < -0.4 is 20.2 Å². The van der Waals surface area contributed by atoms with Crippen molar-refractivity contribution in [2.24, 2.45) is 5.10 Å². The molecule has 0 aliphatic heterocycles. The number of nitrogens with one attached hydrogen (secondary N) is 2. The van der Waals surface area contributed by atoms with Crippen molar-refractivity contribution in [2.45, 2.75) is 6.61 Å². The van der Waals surface area contributed by atoms with E-state index in [0.717, 1.165) is 11.1 Å². The Hall–Kier alpha value is -2.35. The summed E-state index contributed by atoms with van der Waals surface area (Å²) in [6, 6.07) is 13.1. The Morgan fingerprint density at radius 1 is 1.15 bits per heavy atom. The van der Waals surface area contributed by atoms with Crippen LogP contribution in [0.4, 0.5) is 0 Å². The average molecular weight is 408 g/mol. The first-order chi connectivity index (χ1) is 13.1.